The maximum Gasteiger partial charge on any atom is 0.311 e. The van der Waals surface area contributed by atoms with Gasteiger partial charge in [0.25, 0.3) is 0 Å². The van der Waals surface area contributed by atoms with Crippen LogP contribution >= 0.6 is 0 Å². The minimum atomic E-state index is -0.753. The van der Waals surface area contributed by atoms with E-state index in [-0.39, 0.29) is 18.5 Å². The summed E-state index contributed by atoms with van der Waals surface area (Å²) >= 11 is 0. The van der Waals surface area contributed by atoms with Gasteiger partial charge in [0.05, 0.1) is 52.9 Å². The maximum absolute atomic E-state index is 12.8. The van der Waals surface area contributed by atoms with E-state index in [1.165, 1.54) is 0 Å². The number of esters is 1. The molecule has 0 aromatic rings. The molecular weight excluding hydrogens is 360 g/mol. The highest BCUT2D eigenvalue weighted by molar-refractivity contribution is 5.84. The maximum atomic E-state index is 12.8. The lowest BCUT2D eigenvalue weighted by Crippen LogP contribution is -2.44. The van der Waals surface area contributed by atoms with Crippen molar-refractivity contribution in [2.24, 2.45) is 10.8 Å². The van der Waals surface area contributed by atoms with Crippen LogP contribution in [0.5, 0.6) is 0 Å². The van der Waals surface area contributed by atoms with Gasteiger partial charge in [-0.15, -0.1) is 0 Å². The predicted octanol–water partition coefficient (Wildman–Crippen LogP) is 2.24. The van der Waals surface area contributed by atoms with Crippen molar-refractivity contribution in [2.75, 3.05) is 67.8 Å². The number of hydrogen-bond acceptors (Lipinski definition) is 5. The summed E-state index contributed by atoms with van der Waals surface area (Å²) in [6.45, 7) is 10.7. The molecule has 28 heavy (non-hydrogen) atoms. The lowest BCUT2D eigenvalue weighted by atomic mass is 9.72. The van der Waals surface area contributed by atoms with E-state index in [0.29, 0.717) is 39.2 Å². The summed E-state index contributed by atoms with van der Waals surface area (Å²) in [6.07, 6.45) is 2.01. The Balaban J connectivity index is 4.54. The van der Waals surface area contributed by atoms with Gasteiger partial charge >= 0.3 is 5.97 Å². The summed E-state index contributed by atoms with van der Waals surface area (Å²) in [4.78, 5) is 25.3. The fourth-order valence-electron chi connectivity index (χ4n) is 3.02. The average molecular weight is 404 g/mol. The van der Waals surface area contributed by atoms with Gasteiger partial charge in [0.1, 0.15) is 6.61 Å². The number of amides is 1. The highest BCUT2D eigenvalue weighted by Crippen LogP contribution is 2.37. The van der Waals surface area contributed by atoms with Gasteiger partial charge in [-0.2, -0.15) is 0 Å². The van der Waals surface area contributed by atoms with Gasteiger partial charge in [-0.25, -0.2) is 0 Å². The van der Waals surface area contributed by atoms with Crippen molar-refractivity contribution in [3.63, 3.8) is 0 Å². The molecule has 0 saturated carbocycles. The number of ether oxygens (including phenoxy) is 3. The number of methoxy groups -OCH3 is 1. The highest BCUT2D eigenvalue weighted by atomic mass is 16.6. The van der Waals surface area contributed by atoms with Crippen molar-refractivity contribution < 1.29 is 28.3 Å². The smallest absolute Gasteiger partial charge is 0.311 e. The number of hydrogen-bond donors (Lipinski definition) is 1. The number of rotatable bonds is 15. The highest BCUT2D eigenvalue weighted by Gasteiger charge is 2.41. The molecule has 0 fully saturated rings. The van der Waals surface area contributed by atoms with Crippen molar-refractivity contribution in [1.29, 1.82) is 0 Å². The summed E-state index contributed by atoms with van der Waals surface area (Å²) in [5.74, 6) is -0.305. The summed E-state index contributed by atoms with van der Waals surface area (Å²) < 4.78 is 16.4. The molecule has 0 radical (unpaired) electrons. The van der Waals surface area contributed by atoms with Crippen LogP contribution in [0.4, 0.5) is 0 Å². The molecular formula is C21H43N2O5+. The number of nitrogens with zero attached hydrogens (tertiary/aromatic N) is 1. The van der Waals surface area contributed by atoms with Crippen molar-refractivity contribution in [3.05, 3.63) is 0 Å². The van der Waals surface area contributed by atoms with Crippen molar-refractivity contribution in [3.8, 4) is 0 Å². The third-order valence-electron chi connectivity index (χ3n) is 4.90. The molecule has 0 saturated heterocycles. The Labute approximate surface area is 171 Å². The molecule has 0 aliphatic carbocycles. The zero-order chi connectivity index (χ0) is 21.8. The van der Waals surface area contributed by atoms with Gasteiger partial charge in [0, 0.05) is 25.5 Å². The Hall–Kier alpha value is -1.18. The van der Waals surface area contributed by atoms with Gasteiger partial charge in [0.2, 0.25) is 5.91 Å². The fraction of sp³-hybridized carbons (Fsp3) is 0.905. The van der Waals surface area contributed by atoms with Crippen LogP contribution in [0.2, 0.25) is 0 Å². The standard InChI is InChI=1S/C21H42N2O5/c1-9-21(4,18(24)22-11-10-12-23(5,6)7)17-20(2,3)19(25)28-16-15-27-14-13-26-8/h9-17H2,1-8H3/p+1. The molecule has 1 unspecified atom stereocenters. The predicted molar refractivity (Wildman–Crippen MR) is 111 cm³/mol. The van der Waals surface area contributed by atoms with Gasteiger partial charge in [0.15, 0.2) is 0 Å². The summed E-state index contributed by atoms with van der Waals surface area (Å²) in [7, 11) is 8.01. The van der Waals surface area contributed by atoms with E-state index in [1.807, 2.05) is 27.7 Å². The number of carbonyl (C=O) groups is 2. The molecule has 1 amide bonds. The molecule has 1 N–H and O–H groups in total. The molecule has 7 heteroatoms. The number of carbonyl (C=O) groups excluding carboxylic acids is 2. The Morgan fingerprint density at radius 2 is 1.61 bits per heavy atom. The van der Waals surface area contributed by atoms with Crippen LogP contribution in [0.1, 0.15) is 47.0 Å². The van der Waals surface area contributed by atoms with Crippen molar-refractivity contribution >= 4 is 11.9 Å². The van der Waals surface area contributed by atoms with E-state index >= 15 is 0 Å². The first-order valence-electron chi connectivity index (χ1n) is 10.2. The quantitative estimate of drug-likeness (QED) is 0.258. The van der Waals surface area contributed by atoms with Crippen LogP contribution < -0.4 is 5.32 Å². The molecule has 0 spiro atoms. The molecule has 7 nitrogen and oxygen atoms in total. The van der Waals surface area contributed by atoms with E-state index < -0.39 is 10.8 Å². The van der Waals surface area contributed by atoms with Crippen LogP contribution in [0, 0.1) is 10.8 Å². The zero-order valence-electron chi connectivity index (χ0n) is 19.4. The minimum Gasteiger partial charge on any atom is -0.463 e. The summed E-state index contributed by atoms with van der Waals surface area (Å²) in [6, 6.07) is 0. The third kappa shape index (κ3) is 11.0. The zero-order valence-corrected chi connectivity index (χ0v) is 19.4. The van der Waals surface area contributed by atoms with Crippen LogP contribution in [-0.2, 0) is 23.8 Å². The van der Waals surface area contributed by atoms with E-state index in [0.717, 1.165) is 17.4 Å². The topological polar surface area (TPSA) is 73.9 Å². The Morgan fingerprint density at radius 3 is 2.14 bits per heavy atom. The second kappa shape index (κ2) is 12.4. The molecule has 0 bridgehead atoms. The fourth-order valence-corrected chi connectivity index (χ4v) is 3.02. The lowest BCUT2D eigenvalue weighted by molar-refractivity contribution is -0.870. The van der Waals surface area contributed by atoms with Gasteiger partial charge in [-0.05, 0) is 26.7 Å². The van der Waals surface area contributed by atoms with Gasteiger partial charge < -0.3 is 24.0 Å². The van der Waals surface area contributed by atoms with Crippen LogP contribution in [0.15, 0.2) is 0 Å². The van der Waals surface area contributed by atoms with Crippen molar-refractivity contribution in [2.45, 2.75) is 47.0 Å². The largest absolute Gasteiger partial charge is 0.463 e. The Kier molecular flexibility index (Phi) is 11.9. The molecule has 0 aliphatic rings. The normalized spacial score (nSPS) is 14.4. The molecule has 0 rings (SSSR count). The van der Waals surface area contributed by atoms with E-state index in [9.17, 15) is 9.59 Å². The first kappa shape index (κ1) is 26.8. The number of quaternary nitrogens is 1. The molecule has 166 valence electrons. The van der Waals surface area contributed by atoms with E-state index in [4.69, 9.17) is 14.2 Å². The van der Waals surface area contributed by atoms with E-state index in [2.05, 4.69) is 26.5 Å². The number of nitrogens with one attached hydrogen (secondary N) is 1. The lowest BCUT2D eigenvalue weighted by Gasteiger charge is -2.34. The first-order valence-corrected chi connectivity index (χ1v) is 10.2. The second-order valence-corrected chi connectivity index (χ2v) is 9.34. The second-order valence-electron chi connectivity index (χ2n) is 9.34. The monoisotopic (exact) mass is 403 g/mol. The first-order chi connectivity index (χ1) is 12.9. The van der Waals surface area contributed by atoms with Gasteiger partial charge in [-0.3, -0.25) is 9.59 Å². The summed E-state index contributed by atoms with van der Waals surface area (Å²) in [5.41, 5.74) is -1.37. The SMILES string of the molecule is CCC(C)(CC(C)(C)C(=O)OCCOCCOC)C(=O)NCCC[N+](C)(C)C. The van der Waals surface area contributed by atoms with Crippen LogP contribution in [0.25, 0.3) is 0 Å². The summed E-state index contributed by atoms with van der Waals surface area (Å²) in [5, 5.41) is 3.05. The Bertz CT molecular complexity index is 474. The third-order valence-corrected chi connectivity index (χ3v) is 4.90. The van der Waals surface area contributed by atoms with Crippen LogP contribution in [-0.4, -0.2) is 84.1 Å². The molecule has 0 aromatic heterocycles. The molecule has 0 heterocycles. The van der Waals surface area contributed by atoms with Crippen LogP contribution in [0.3, 0.4) is 0 Å². The average Bonchev–Trinajstić information content (AvgIpc) is 2.59. The molecule has 0 aliphatic heterocycles. The van der Waals surface area contributed by atoms with Crippen molar-refractivity contribution in [1.82, 2.24) is 5.32 Å². The minimum absolute atomic E-state index is 0.000170. The molecule has 1 atom stereocenters. The van der Waals surface area contributed by atoms with Gasteiger partial charge in [-0.1, -0.05) is 13.8 Å². The molecule has 0 aromatic carbocycles. The van der Waals surface area contributed by atoms with E-state index in [1.54, 1.807) is 7.11 Å². The Morgan fingerprint density at radius 1 is 1.00 bits per heavy atom.